The zero-order valence-corrected chi connectivity index (χ0v) is 12.5. The summed E-state index contributed by atoms with van der Waals surface area (Å²) in [7, 11) is 1.72. The highest BCUT2D eigenvalue weighted by molar-refractivity contribution is 5.47. The Bertz CT molecular complexity index is 400. The standard InChI is InChI=1S/C15H25N3O2/c1-3-14-12-18(8-10-20-14)15-13(5-4-6-17-15)11-16-7-9-19-2/h4-6,14,16H,3,7-12H2,1-2H3. The minimum atomic E-state index is 0.319. The highest BCUT2D eigenvalue weighted by Gasteiger charge is 2.21. The molecular formula is C15H25N3O2. The minimum absolute atomic E-state index is 0.319. The number of ether oxygens (including phenoxy) is 2. The predicted octanol–water partition coefficient (Wildman–Crippen LogP) is 1.43. The number of pyridine rings is 1. The maximum Gasteiger partial charge on any atom is 0.133 e. The first-order valence-electron chi connectivity index (χ1n) is 7.35. The molecule has 0 bridgehead atoms. The fourth-order valence-electron chi connectivity index (χ4n) is 2.41. The van der Waals surface area contributed by atoms with Crippen LogP contribution < -0.4 is 10.2 Å². The molecule has 1 aliphatic rings. The summed E-state index contributed by atoms with van der Waals surface area (Å²) in [5.41, 5.74) is 1.24. The zero-order chi connectivity index (χ0) is 14.2. The van der Waals surface area contributed by atoms with E-state index in [1.807, 2.05) is 12.3 Å². The number of nitrogens with zero attached hydrogens (tertiary/aromatic N) is 2. The summed E-state index contributed by atoms with van der Waals surface area (Å²) in [4.78, 5) is 6.91. The molecule has 0 aromatic carbocycles. The fraction of sp³-hybridized carbons (Fsp3) is 0.667. The number of morpholine rings is 1. The van der Waals surface area contributed by atoms with E-state index in [1.165, 1.54) is 5.56 Å². The molecule has 1 saturated heterocycles. The van der Waals surface area contributed by atoms with Gasteiger partial charge in [-0.2, -0.15) is 0 Å². The summed E-state index contributed by atoms with van der Waals surface area (Å²) in [6.45, 7) is 7.19. The maximum atomic E-state index is 5.73. The lowest BCUT2D eigenvalue weighted by molar-refractivity contribution is 0.0381. The summed E-state index contributed by atoms with van der Waals surface area (Å²) in [5, 5.41) is 3.38. The second kappa shape index (κ2) is 8.19. The first-order valence-corrected chi connectivity index (χ1v) is 7.35. The number of methoxy groups -OCH3 is 1. The monoisotopic (exact) mass is 279 g/mol. The Morgan fingerprint density at radius 2 is 2.45 bits per heavy atom. The quantitative estimate of drug-likeness (QED) is 0.765. The van der Waals surface area contributed by atoms with Crippen LogP contribution in [0.2, 0.25) is 0 Å². The molecule has 1 aliphatic heterocycles. The molecule has 1 atom stereocenters. The van der Waals surface area contributed by atoms with Gasteiger partial charge in [-0.3, -0.25) is 0 Å². The average Bonchev–Trinajstić information content (AvgIpc) is 2.52. The van der Waals surface area contributed by atoms with Crippen LogP contribution in [0.25, 0.3) is 0 Å². The predicted molar refractivity (Wildman–Crippen MR) is 80.1 cm³/mol. The van der Waals surface area contributed by atoms with Gasteiger partial charge in [0.25, 0.3) is 0 Å². The van der Waals surface area contributed by atoms with Gasteiger partial charge in [0.05, 0.1) is 19.3 Å². The molecular weight excluding hydrogens is 254 g/mol. The molecule has 0 radical (unpaired) electrons. The van der Waals surface area contributed by atoms with E-state index < -0.39 is 0 Å². The number of aromatic nitrogens is 1. The van der Waals surface area contributed by atoms with Crippen molar-refractivity contribution >= 4 is 5.82 Å². The second-order valence-corrected chi connectivity index (χ2v) is 5.00. The zero-order valence-electron chi connectivity index (χ0n) is 12.5. The van der Waals surface area contributed by atoms with Crippen LogP contribution in [0.3, 0.4) is 0 Å². The molecule has 0 aliphatic carbocycles. The van der Waals surface area contributed by atoms with Gasteiger partial charge in [-0.15, -0.1) is 0 Å². The molecule has 112 valence electrons. The van der Waals surface area contributed by atoms with E-state index in [1.54, 1.807) is 7.11 Å². The van der Waals surface area contributed by atoms with Gasteiger partial charge in [0.15, 0.2) is 0 Å². The molecule has 1 N–H and O–H groups in total. The van der Waals surface area contributed by atoms with Crippen molar-refractivity contribution in [3.8, 4) is 0 Å². The lowest BCUT2D eigenvalue weighted by Gasteiger charge is -2.34. The van der Waals surface area contributed by atoms with Gasteiger partial charge >= 0.3 is 0 Å². The van der Waals surface area contributed by atoms with Crippen molar-refractivity contribution in [3.05, 3.63) is 23.9 Å². The van der Waals surface area contributed by atoms with Gasteiger partial charge in [-0.05, 0) is 12.5 Å². The molecule has 20 heavy (non-hydrogen) atoms. The number of hydrogen-bond acceptors (Lipinski definition) is 5. The van der Waals surface area contributed by atoms with Crippen molar-refractivity contribution in [2.45, 2.75) is 26.0 Å². The Kier molecular flexibility index (Phi) is 6.24. The lowest BCUT2D eigenvalue weighted by atomic mass is 10.2. The normalized spacial score (nSPS) is 19.3. The summed E-state index contributed by atoms with van der Waals surface area (Å²) in [6.07, 6.45) is 3.23. The summed E-state index contributed by atoms with van der Waals surface area (Å²) in [5.74, 6) is 1.08. The molecule has 1 fully saturated rings. The van der Waals surface area contributed by atoms with Gasteiger partial charge < -0.3 is 19.7 Å². The number of rotatable bonds is 7. The first-order chi connectivity index (χ1) is 9.85. The summed E-state index contributed by atoms with van der Waals surface area (Å²) in [6, 6.07) is 4.13. The van der Waals surface area contributed by atoms with E-state index in [-0.39, 0.29) is 0 Å². The van der Waals surface area contributed by atoms with Gasteiger partial charge in [0.1, 0.15) is 5.82 Å². The lowest BCUT2D eigenvalue weighted by Crippen LogP contribution is -2.43. The molecule has 1 aromatic rings. The van der Waals surface area contributed by atoms with Crippen LogP contribution in [-0.4, -0.2) is 51.0 Å². The highest BCUT2D eigenvalue weighted by Crippen LogP contribution is 2.20. The Morgan fingerprint density at radius 1 is 1.55 bits per heavy atom. The molecule has 0 saturated carbocycles. The highest BCUT2D eigenvalue weighted by atomic mass is 16.5. The van der Waals surface area contributed by atoms with Crippen LogP contribution >= 0.6 is 0 Å². The van der Waals surface area contributed by atoms with Crippen LogP contribution in [0.15, 0.2) is 18.3 Å². The molecule has 0 amide bonds. The van der Waals surface area contributed by atoms with Gasteiger partial charge in [-0.25, -0.2) is 4.98 Å². The Balaban J connectivity index is 1.99. The Hall–Kier alpha value is -1.17. The van der Waals surface area contributed by atoms with E-state index in [2.05, 4.69) is 28.2 Å². The van der Waals surface area contributed by atoms with Crippen molar-refractivity contribution in [1.29, 1.82) is 0 Å². The molecule has 5 heteroatoms. The van der Waals surface area contributed by atoms with Crippen molar-refractivity contribution in [2.75, 3.05) is 44.9 Å². The van der Waals surface area contributed by atoms with E-state index in [4.69, 9.17) is 9.47 Å². The first kappa shape index (κ1) is 15.2. The van der Waals surface area contributed by atoms with Crippen LogP contribution in [-0.2, 0) is 16.0 Å². The maximum absolute atomic E-state index is 5.73. The van der Waals surface area contributed by atoms with E-state index >= 15 is 0 Å². The van der Waals surface area contributed by atoms with E-state index in [0.29, 0.717) is 6.10 Å². The molecule has 1 unspecified atom stereocenters. The van der Waals surface area contributed by atoms with Crippen molar-refractivity contribution < 1.29 is 9.47 Å². The fourth-order valence-corrected chi connectivity index (χ4v) is 2.41. The summed E-state index contributed by atoms with van der Waals surface area (Å²) < 4.78 is 10.8. The topological polar surface area (TPSA) is 46.6 Å². The van der Waals surface area contributed by atoms with Crippen molar-refractivity contribution in [1.82, 2.24) is 10.3 Å². The van der Waals surface area contributed by atoms with Crippen LogP contribution in [0, 0.1) is 0 Å². The minimum Gasteiger partial charge on any atom is -0.383 e. The van der Waals surface area contributed by atoms with Crippen molar-refractivity contribution in [2.24, 2.45) is 0 Å². The van der Waals surface area contributed by atoms with Gasteiger partial charge in [-0.1, -0.05) is 13.0 Å². The van der Waals surface area contributed by atoms with E-state index in [9.17, 15) is 0 Å². The van der Waals surface area contributed by atoms with Crippen LogP contribution in [0.5, 0.6) is 0 Å². The number of anilines is 1. The van der Waals surface area contributed by atoms with Crippen molar-refractivity contribution in [3.63, 3.8) is 0 Å². The van der Waals surface area contributed by atoms with Gasteiger partial charge in [0, 0.05) is 45.0 Å². The van der Waals surface area contributed by atoms with Crippen LogP contribution in [0.4, 0.5) is 5.82 Å². The third-order valence-electron chi connectivity index (χ3n) is 3.56. The SMILES string of the molecule is CCC1CN(c2ncccc2CNCCOC)CCO1. The number of nitrogens with one attached hydrogen (secondary N) is 1. The molecule has 2 heterocycles. The molecule has 5 nitrogen and oxygen atoms in total. The molecule has 2 rings (SSSR count). The summed E-state index contributed by atoms with van der Waals surface area (Å²) >= 11 is 0. The second-order valence-electron chi connectivity index (χ2n) is 5.00. The largest absolute Gasteiger partial charge is 0.383 e. The van der Waals surface area contributed by atoms with E-state index in [0.717, 1.165) is 51.6 Å². The Morgan fingerprint density at radius 3 is 3.25 bits per heavy atom. The molecule has 1 aromatic heterocycles. The molecule has 0 spiro atoms. The smallest absolute Gasteiger partial charge is 0.133 e. The number of hydrogen-bond donors (Lipinski definition) is 1. The Labute approximate surface area is 121 Å². The third-order valence-corrected chi connectivity index (χ3v) is 3.56. The van der Waals surface area contributed by atoms with Crippen LogP contribution in [0.1, 0.15) is 18.9 Å². The van der Waals surface area contributed by atoms with Gasteiger partial charge in [0.2, 0.25) is 0 Å². The third kappa shape index (κ3) is 4.16. The average molecular weight is 279 g/mol.